The molecule has 0 radical (unpaired) electrons. The average Bonchev–Trinajstić information content (AvgIpc) is 3.55. The molecule has 5 rings (SSSR count). The van der Waals surface area contributed by atoms with Crippen molar-refractivity contribution in [3.63, 3.8) is 0 Å². The highest BCUT2D eigenvalue weighted by Gasteiger charge is 2.19. The lowest BCUT2D eigenvalue weighted by Gasteiger charge is -2.14. The van der Waals surface area contributed by atoms with E-state index in [9.17, 15) is 4.79 Å². The molecule has 0 saturated heterocycles. The highest BCUT2D eigenvalue weighted by atomic mass is 32.1. The number of fused-ring (bicyclic) bond motifs is 2. The predicted octanol–water partition coefficient (Wildman–Crippen LogP) is 6.05. The maximum Gasteiger partial charge on any atom is 0.291 e. The summed E-state index contributed by atoms with van der Waals surface area (Å²) in [6.45, 7) is 7.23. The van der Waals surface area contributed by atoms with Gasteiger partial charge < -0.3 is 25.3 Å². The van der Waals surface area contributed by atoms with Crippen molar-refractivity contribution in [1.82, 2.24) is 19.4 Å². The number of nitrogens with one attached hydrogen (secondary N) is 1. The number of ether oxygens (including phenoxy) is 1. The minimum absolute atomic E-state index is 0.310. The first kappa shape index (κ1) is 26.4. The molecule has 0 aliphatic heterocycles. The summed E-state index contributed by atoms with van der Waals surface area (Å²) in [7, 11) is 3.42. The van der Waals surface area contributed by atoms with Crippen LogP contribution in [0, 0.1) is 0 Å². The molecule has 0 saturated carbocycles. The molecule has 0 aliphatic rings. The number of thiophene rings is 1. The molecule has 9 heteroatoms. The van der Waals surface area contributed by atoms with Crippen molar-refractivity contribution in [1.29, 1.82) is 0 Å². The Morgan fingerprint density at radius 1 is 1.21 bits per heavy atom. The molecule has 0 unspecified atom stereocenters. The van der Waals surface area contributed by atoms with Crippen molar-refractivity contribution in [2.75, 3.05) is 37.8 Å². The first-order valence-electron chi connectivity index (χ1n) is 12.9. The maximum atomic E-state index is 13.1. The number of aryl methyl sites for hydroxylation is 1. The Hall–Kier alpha value is -4.21. The van der Waals surface area contributed by atoms with E-state index < -0.39 is 0 Å². The van der Waals surface area contributed by atoms with Gasteiger partial charge in [-0.2, -0.15) is 0 Å². The number of hydrogen-bond acceptors (Lipinski definition) is 7. The number of para-hydroxylation sites is 2. The normalized spacial score (nSPS) is 11.7. The third kappa shape index (κ3) is 5.10. The van der Waals surface area contributed by atoms with E-state index in [1.807, 2.05) is 55.7 Å². The van der Waals surface area contributed by atoms with Crippen LogP contribution >= 0.6 is 11.3 Å². The molecule has 0 fully saturated rings. The second-order valence-corrected chi connectivity index (χ2v) is 10.1. The zero-order valence-corrected chi connectivity index (χ0v) is 23.4. The van der Waals surface area contributed by atoms with Crippen molar-refractivity contribution in [2.24, 2.45) is 7.05 Å². The SMILES string of the molecule is CCN(CC)CC=Cc1cnc(N)c2c(-c3ccc(NC(=O)c4nc5ccccc5n4C)c(OC)c3)csc12. The second-order valence-electron chi connectivity index (χ2n) is 9.19. The second kappa shape index (κ2) is 11.3. The highest BCUT2D eigenvalue weighted by Crippen LogP contribution is 2.41. The first-order valence-corrected chi connectivity index (χ1v) is 13.8. The van der Waals surface area contributed by atoms with Crippen LogP contribution in [0.5, 0.6) is 5.75 Å². The molecule has 0 bridgehead atoms. The Balaban J connectivity index is 1.45. The van der Waals surface area contributed by atoms with Gasteiger partial charge in [-0.3, -0.25) is 4.79 Å². The molecule has 2 aromatic carbocycles. The van der Waals surface area contributed by atoms with Gasteiger partial charge in [0.1, 0.15) is 11.6 Å². The number of imidazole rings is 1. The van der Waals surface area contributed by atoms with Crippen molar-refractivity contribution in [3.05, 3.63) is 71.5 Å². The number of nitrogens with two attached hydrogens (primary N) is 1. The zero-order chi connectivity index (χ0) is 27.5. The Bertz CT molecular complexity index is 1680. The molecule has 0 atom stereocenters. The molecule has 0 spiro atoms. The van der Waals surface area contributed by atoms with Crippen LogP contribution in [-0.2, 0) is 7.05 Å². The molecule has 3 heterocycles. The van der Waals surface area contributed by atoms with Crippen LogP contribution in [0.1, 0.15) is 30.0 Å². The minimum atomic E-state index is -0.310. The van der Waals surface area contributed by atoms with E-state index in [1.54, 1.807) is 23.0 Å². The summed E-state index contributed by atoms with van der Waals surface area (Å²) >= 11 is 1.64. The number of hydrogen-bond donors (Lipinski definition) is 2. The number of methoxy groups -OCH3 is 1. The van der Waals surface area contributed by atoms with Crippen LogP contribution in [0.25, 0.3) is 38.3 Å². The predicted molar refractivity (Wildman–Crippen MR) is 162 cm³/mol. The Kier molecular flexibility index (Phi) is 7.63. The van der Waals surface area contributed by atoms with Crippen molar-refractivity contribution >= 4 is 55.9 Å². The van der Waals surface area contributed by atoms with Crippen LogP contribution in [0.2, 0.25) is 0 Å². The number of rotatable bonds is 9. The standard InChI is InChI=1S/C30H32N6O2S/c1-5-36(6-2)15-9-10-20-17-32-28(31)26-21(18-39-27(20)26)19-13-14-23(25(16-19)38-4)34-30(37)29-33-22-11-7-8-12-24(22)35(29)3/h7-14,16-18H,5-6,15H2,1-4H3,(H2,31,32)(H,34,37). The fraction of sp³-hybridized carbons (Fsp3) is 0.233. The van der Waals surface area contributed by atoms with Gasteiger partial charge in [0.15, 0.2) is 5.82 Å². The third-order valence-electron chi connectivity index (χ3n) is 6.96. The van der Waals surface area contributed by atoms with E-state index in [1.165, 1.54) is 0 Å². The van der Waals surface area contributed by atoms with Gasteiger partial charge in [-0.25, -0.2) is 9.97 Å². The lowest BCUT2D eigenvalue weighted by atomic mass is 10.0. The number of carbonyl (C=O) groups is 1. The number of likely N-dealkylation sites (N-methyl/N-ethyl adjacent to an activating group) is 1. The molecule has 1 amide bonds. The average molecular weight is 541 g/mol. The van der Waals surface area contributed by atoms with Gasteiger partial charge in [0, 0.05) is 41.0 Å². The summed E-state index contributed by atoms with van der Waals surface area (Å²) in [6.07, 6.45) is 6.12. The Morgan fingerprint density at radius 2 is 2.00 bits per heavy atom. The lowest BCUT2D eigenvalue weighted by molar-refractivity contribution is 0.101. The summed E-state index contributed by atoms with van der Waals surface area (Å²) < 4.78 is 8.55. The Morgan fingerprint density at radius 3 is 2.74 bits per heavy atom. The molecule has 0 aliphatic carbocycles. The van der Waals surface area contributed by atoms with Crippen LogP contribution in [0.3, 0.4) is 0 Å². The van der Waals surface area contributed by atoms with E-state index in [-0.39, 0.29) is 5.91 Å². The van der Waals surface area contributed by atoms with Crippen molar-refractivity contribution in [2.45, 2.75) is 13.8 Å². The van der Waals surface area contributed by atoms with Crippen LogP contribution in [-0.4, -0.2) is 52.1 Å². The first-order chi connectivity index (χ1) is 18.9. The highest BCUT2D eigenvalue weighted by molar-refractivity contribution is 7.18. The van der Waals surface area contributed by atoms with Gasteiger partial charge in [0.25, 0.3) is 5.91 Å². The largest absolute Gasteiger partial charge is 0.495 e. The van der Waals surface area contributed by atoms with E-state index >= 15 is 0 Å². The minimum Gasteiger partial charge on any atom is -0.495 e. The topological polar surface area (TPSA) is 98.3 Å². The van der Waals surface area contributed by atoms with Gasteiger partial charge in [0.05, 0.1) is 23.8 Å². The van der Waals surface area contributed by atoms with E-state index in [0.717, 1.165) is 57.4 Å². The Labute approximate surface area is 231 Å². The summed E-state index contributed by atoms with van der Waals surface area (Å²) in [6, 6.07) is 13.4. The summed E-state index contributed by atoms with van der Waals surface area (Å²) in [5.74, 6) is 1.04. The van der Waals surface area contributed by atoms with Crippen LogP contribution in [0.4, 0.5) is 11.5 Å². The van der Waals surface area contributed by atoms with Gasteiger partial charge in [-0.1, -0.05) is 44.2 Å². The monoisotopic (exact) mass is 540 g/mol. The van der Waals surface area contributed by atoms with Crippen LogP contribution < -0.4 is 15.8 Å². The number of pyridine rings is 1. The number of aromatic nitrogens is 3. The number of nitrogen functional groups attached to an aromatic ring is 1. The van der Waals surface area contributed by atoms with Crippen molar-refractivity contribution < 1.29 is 9.53 Å². The van der Waals surface area contributed by atoms with Gasteiger partial charge in [0.2, 0.25) is 0 Å². The number of nitrogens with zero attached hydrogens (tertiary/aromatic N) is 4. The smallest absolute Gasteiger partial charge is 0.291 e. The number of carbonyl (C=O) groups excluding carboxylic acids is 1. The molecule has 8 nitrogen and oxygen atoms in total. The summed E-state index contributed by atoms with van der Waals surface area (Å²) in [4.78, 5) is 24.5. The lowest BCUT2D eigenvalue weighted by Crippen LogP contribution is -2.22. The fourth-order valence-corrected chi connectivity index (χ4v) is 5.80. The molecule has 39 heavy (non-hydrogen) atoms. The summed E-state index contributed by atoms with van der Waals surface area (Å²) in [5.41, 5.74) is 11.5. The quantitative estimate of drug-likeness (QED) is 0.236. The van der Waals surface area contributed by atoms with E-state index in [0.29, 0.717) is 23.1 Å². The molecule has 200 valence electrons. The molecular formula is C30H32N6O2S. The van der Waals surface area contributed by atoms with Gasteiger partial charge >= 0.3 is 0 Å². The molecular weight excluding hydrogens is 508 g/mol. The van der Waals surface area contributed by atoms with Crippen molar-refractivity contribution in [3.8, 4) is 16.9 Å². The zero-order valence-electron chi connectivity index (χ0n) is 22.6. The van der Waals surface area contributed by atoms with Crippen LogP contribution in [0.15, 0.2) is 60.1 Å². The fourth-order valence-electron chi connectivity index (χ4n) is 4.72. The number of anilines is 2. The third-order valence-corrected chi connectivity index (χ3v) is 7.99. The van der Waals surface area contributed by atoms with E-state index in [4.69, 9.17) is 10.5 Å². The van der Waals surface area contributed by atoms with Gasteiger partial charge in [-0.15, -0.1) is 11.3 Å². The molecule has 5 aromatic rings. The molecule has 3 N–H and O–H groups in total. The van der Waals surface area contributed by atoms with E-state index in [2.05, 4.69) is 51.6 Å². The summed E-state index contributed by atoms with van der Waals surface area (Å²) in [5, 5.41) is 5.97. The number of benzene rings is 2. The number of amides is 1. The molecule has 3 aromatic heterocycles. The van der Waals surface area contributed by atoms with Gasteiger partial charge in [-0.05, 0) is 48.3 Å². The maximum absolute atomic E-state index is 13.1.